The third-order valence-corrected chi connectivity index (χ3v) is 3.64. The van der Waals surface area contributed by atoms with Crippen molar-refractivity contribution in [3.63, 3.8) is 0 Å². The molecule has 0 saturated heterocycles. The lowest BCUT2D eigenvalue weighted by Crippen LogP contribution is -2.29. The molecule has 0 heterocycles. The van der Waals surface area contributed by atoms with Crippen molar-refractivity contribution in [3.8, 4) is 5.75 Å². The van der Waals surface area contributed by atoms with Gasteiger partial charge in [-0.2, -0.15) is 13.2 Å². The predicted molar refractivity (Wildman–Crippen MR) is 99.7 cm³/mol. The van der Waals surface area contributed by atoms with Crippen LogP contribution >= 0.6 is 0 Å². The van der Waals surface area contributed by atoms with Crippen LogP contribution in [0.1, 0.15) is 23.6 Å². The zero-order valence-corrected chi connectivity index (χ0v) is 15.2. The average molecular weight is 394 g/mol. The van der Waals surface area contributed by atoms with Gasteiger partial charge in [-0.15, -0.1) is 0 Å². The molecule has 150 valence electrons. The molecule has 2 aromatic carbocycles. The van der Waals surface area contributed by atoms with Gasteiger partial charge < -0.3 is 15.3 Å². The Morgan fingerprint density at radius 2 is 1.75 bits per heavy atom. The van der Waals surface area contributed by atoms with E-state index in [2.05, 4.69) is 5.16 Å². The second-order valence-electron chi connectivity index (χ2n) is 5.80. The topological polar surface area (TPSA) is 86.1 Å². The van der Waals surface area contributed by atoms with E-state index in [-0.39, 0.29) is 13.3 Å². The minimum absolute atomic E-state index is 0.0671. The number of nitrogens with zero attached hydrogens (tertiary/aromatic N) is 2. The van der Waals surface area contributed by atoms with Crippen molar-refractivity contribution in [2.24, 2.45) is 16.7 Å². The van der Waals surface area contributed by atoms with Crippen LogP contribution < -0.4 is 16.3 Å². The number of nitrogens with two attached hydrogens (primary N) is 2. The quantitative estimate of drug-likeness (QED) is 0.309. The maximum atomic E-state index is 12.5. The van der Waals surface area contributed by atoms with E-state index in [4.69, 9.17) is 21.2 Å². The molecule has 0 aliphatic carbocycles. The summed E-state index contributed by atoms with van der Waals surface area (Å²) in [4.78, 5) is 5.23. The zero-order valence-electron chi connectivity index (χ0n) is 15.2. The maximum absolute atomic E-state index is 12.5. The molecular formula is C19H21F3N4O2. The lowest BCUT2D eigenvalue weighted by atomic mass is 10.1. The molecule has 2 aromatic rings. The summed E-state index contributed by atoms with van der Waals surface area (Å²) < 4.78 is 43.1. The summed E-state index contributed by atoms with van der Waals surface area (Å²) in [6.45, 7) is 1.96. The molecule has 0 aliphatic heterocycles. The second-order valence-corrected chi connectivity index (χ2v) is 5.80. The van der Waals surface area contributed by atoms with E-state index in [1.165, 1.54) is 29.5 Å². The van der Waals surface area contributed by atoms with E-state index < -0.39 is 11.7 Å². The van der Waals surface area contributed by atoms with Crippen LogP contribution in [-0.4, -0.2) is 17.5 Å². The van der Waals surface area contributed by atoms with Crippen LogP contribution in [0.25, 0.3) is 0 Å². The molecule has 0 amide bonds. The van der Waals surface area contributed by atoms with Gasteiger partial charge in [-0.05, 0) is 54.4 Å². The van der Waals surface area contributed by atoms with E-state index in [0.717, 1.165) is 17.7 Å². The predicted octanol–water partition coefficient (Wildman–Crippen LogP) is 3.59. The molecule has 0 bridgehead atoms. The number of rotatable bonds is 8. The third kappa shape index (κ3) is 6.51. The molecule has 0 aromatic heterocycles. The van der Waals surface area contributed by atoms with Crippen molar-refractivity contribution in [3.05, 3.63) is 77.6 Å². The first-order valence-corrected chi connectivity index (χ1v) is 8.25. The Kier molecular flexibility index (Phi) is 7.28. The van der Waals surface area contributed by atoms with Gasteiger partial charge in [0.2, 0.25) is 0 Å². The van der Waals surface area contributed by atoms with Gasteiger partial charge in [-0.25, -0.2) is 5.84 Å². The minimum atomic E-state index is -4.35. The first-order valence-electron chi connectivity index (χ1n) is 8.25. The third-order valence-electron chi connectivity index (χ3n) is 3.64. The van der Waals surface area contributed by atoms with Crippen LogP contribution in [0, 0.1) is 0 Å². The number of ether oxygens (including phenoxy) is 1. The Bertz CT molecular complexity index is 803. The summed E-state index contributed by atoms with van der Waals surface area (Å²) >= 11 is 0. The number of hydrogen-bond acceptors (Lipinski definition) is 6. The summed E-state index contributed by atoms with van der Waals surface area (Å²) in [7, 11) is 0. The van der Waals surface area contributed by atoms with Crippen LogP contribution in [-0.2, 0) is 17.6 Å². The van der Waals surface area contributed by atoms with Crippen LogP contribution in [0.5, 0.6) is 5.75 Å². The second kappa shape index (κ2) is 9.65. The van der Waals surface area contributed by atoms with Gasteiger partial charge in [-0.3, -0.25) is 5.01 Å². The van der Waals surface area contributed by atoms with Crippen molar-refractivity contribution in [1.29, 1.82) is 0 Å². The van der Waals surface area contributed by atoms with Crippen molar-refractivity contribution in [1.82, 2.24) is 5.01 Å². The molecule has 0 spiro atoms. The summed E-state index contributed by atoms with van der Waals surface area (Å²) in [6.07, 6.45) is -1.58. The molecule has 0 radical (unpaired) electrons. The SMILES string of the molecule is C/C(=N\OCc1ccc(C(F)(F)F)cc1)c1ccc(OCN(N)/C=C\N)cc1. The number of alkyl halides is 3. The molecular weight excluding hydrogens is 373 g/mol. The van der Waals surface area contributed by atoms with Crippen molar-refractivity contribution in [2.45, 2.75) is 19.7 Å². The van der Waals surface area contributed by atoms with Crippen LogP contribution in [0.2, 0.25) is 0 Å². The van der Waals surface area contributed by atoms with Crippen molar-refractivity contribution >= 4 is 5.71 Å². The van der Waals surface area contributed by atoms with E-state index in [1.54, 1.807) is 31.2 Å². The molecule has 0 saturated carbocycles. The average Bonchev–Trinajstić information content (AvgIpc) is 2.66. The van der Waals surface area contributed by atoms with Gasteiger partial charge in [0.15, 0.2) is 6.73 Å². The van der Waals surface area contributed by atoms with Gasteiger partial charge in [0.05, 0.1) is 11.3 Å². The van der Waals surface area contributed by atoms with Gasteiger partial charge in [0.1, 0.15) is 12.4 Å². The van der Waals surface area contributed by atoms with Gasteiger partial charge in [0, 0.05) is 12.4 Å². The lowest BCUT2D eigenvalue weighted by Gasteiger charge is -2.14. The maximum Gasteiger partial charge on any atom is 0.416 e. The van der Waals surface area contributed by atoms with E-state index in [0.29, 0.717) is 17.0 Å². The molecule has 0 unspecified atom stereocenters. The molecule has 0 atom stereocenters. The Hall–Kier alpha value is -3.20. The van der Waals surface area contributed by atoms with Gasteiger partial charge in [0.25, 0.3) is 0 Å². The fourth-order valence-corrected chi connectivity index (χ4v) is 2.14. The first kappa shape index (κ1) is 21.1. The highest BCUT2D eigenvalue weighted by atomic mass is 19.4. The summed E-state index contributed by atoms with van der Waals surface area (Å²) in [5, 5.41) is 5.28. The smallest absolute Gasteiger partial charge is 0.416 e. The Morgan fingerprint density at radius 3 is 2.32 bits per heavy atom. The molecule has 4 N–H and O–H groups in total. The van der Waals surface area contributed by atoms with E-state index >= 15 is 0 Å². The van der Waals surface area contributed by atoms with Crippen molar-refractivity contribution < 1.29 is 22.7 Å². The van der Waals surface area contributed by atoms with Gasteiger partial charge >= 0.3 is 6.18 Å². The minimum Gasteiger partial charge on any atom is -0.472 e. The van der Waals surface area contributed by atoms with Crippen LogP contribution in [0.3, 0.4) is 0 Å². The standard InChI is InChI=1S/C19H21F3N4O2/c1-14(16-4-8-18(9-5-16)27-13-26(24)11-10-23)25-28-12-15-2-6-17(7-3-15)19(20,21)22/h2-11H,12-13,23-24H2,1H3/b11-10-,25-14+. The van der Waals surface area contributed by atoms with Crippen LogP contribution in [0.4, 0.5) is 13.2 Å². The Balaban J connectivity index is 1.87. The Labute approximate surface area is 160 Å². The lowest BCUT2D eigenvalue weighted by molar-refractivity contribution is -0.137. The van der Waals surface area contributed by atoms with Crippen molar-refractivity contribution in [2.75, 3.05) is 6.73 Å². The molecule has 28 heavy (non-hydrogen) atoms. The Morgan fingerprint density at radius 1 is 1.11 bits per heavy atom. The monoisotopic (exact) mass is 394 g/mol. The van der Waals surface area contributed by atoms with E-state index in [1.807, 2.05) is 0 Å². The molecule has 6 nitrogen and oxygen atoms in total. The number of hydrazine groups is 1. The molecule has 0 fully saturated rings. The molecule has 9 heteroatoms. The molecule has 0 aliphatic rings. The van der Waals surface area contributed by atoms with Crippen LogP contribution in [0.15, 0.2) is 66.1 Å². The highest BCUT2D eigenvalue weighted by Gasteiger charge is 2.29. The summed E-state index contributed by atoms with van der Waals surface area (Å²) in [5.41, 5.74) is 6.54. The normalized spacial score (nSPS) is 12.2. The summed E-state index contributed by atoms with van der Waals surface area (Å²) in [5.74, 6) is 6.21. The fraction of sp³-hybridized carbons (Fsp3) is 0.211. The van der Waals surface area contributed by atoms with Gasteiger partial charge in [-0.1, -0.05) is 17.3 Å². The number of hydrogen-bond donors (Lipinski definition) is 2. The molecule has 2 rings (SSSR count). The number of oxime groups is 1. The fourth-order valence-electron chi connectivity index (χ4n) is 2.14. The highest BCUT2D eigenvalue weighted by Crippen LogP contribution is 2.29. The summed E-state index contributed by atoms with van der Waals surface area (Å²) in [6, 6.07) is 11.9. The van der Waals surface area contributed by atoms with E-state index in [9.17, 15) is 13.2 Å². The highest BCUT2D eigenvalue weighted by molar-refractivity contribution is 5.98. The number of benzene rings is 2. The first-order chi connectivity index (χ1) is 13.3. The zero-order chi connectivity index (χ0) is 20.6. The largest absolute Gasteiger partial charge is 0.472 e. The number of halogens is 3.